The lowest BCUT2D eigenvalue weighted by molar-refractivity contribution is -0.123. The van der Waals surface area contributed by atoms with E-state index in [0.717, 1.165) is 16.9 Å². The highest BCUT2D eigenvalue weighted by Gasteiger charge is 2.27. The molecule has 0 radical (unpaired) electrons. The van der Waals surface area contributed by atoms with Crippen molar-refractivity contribution in [3.63, 3.8) is 0 Å². The number of amides is 4. The summed E-state index contributed by atoms with van der Waals surface area (Å²) in [6.45, 7) is 6.90. The minimum Gasteiger partial charge on any atom is -0.490 e. The molecule has 4 amide bonds. The van der Waals surface area contributed by atoms with E-state index in [0.29, 0.717) is 36.9 Å². The third-order valence-electron chi connectivity index (χ3n) is 4.46. The smallest absolute Gasteiger partial charge is 0.328 e. The molecular formula is C23H24N2O6. The van der Waals surface area contributed by atoms with Gasteiger partial charge in [0, 0.05) is 0 Å². The van der Waals surface area contributed by atoms with Gasteiger partial charge in [-0.05, 0) is 61.7 Å². The third-order valence-corrected chi connectivity index (χ3v) is 4.46. The Morgan fingerprint density at radius 3 is 2.16 bits per heavy atom. The van der Waals surface area contributed by atoms with Crippen molar-refractivity contribution in [3.05, 3.63) is 58.7 Å². The Morgan fingerprint density at radius 2 is 1.48 bits per heavy atom. The fourth-order valence-electron chi connectivity index (χ4n) is 2.94. The molecule has 1 aliphatic heterocycles. The van der Waals surface area contributed by atoms with E-state index in [1.165, 1.54) is 6.08 Å². The van der Waals surface area contributed by atoms with Crippen molar-refractivity contribution < 1.29 is 28.6 Å². The van der Waals surface area contributed by atoms with E-state index < -0.39 is 17.8 Å². The van der Waals surface area contributed by atoms with Crippen molar-refractivity contribution in [1.29, 1.82) is 0 Å². The van der Waals surface area contributed by atoms with E-state index in [1.54, 1.807) is 18.2 Å². The van der Waals surface area contributed by atoms with Crippen molar-refractivity contribution in [1.82, 2.24) is 10.6 Å². The molecule has 0 saturated carbocycles. The zero-order valence-corrected chi connectivity index (χ0v) is 17.6. The van der Waals surface area contributed by atoms with E-state index in [-0.39, 0.29) is 5.57 Å². The van der Waals surface area contributed by atoms with Gasteiger partial charge in [0.05, 0.1) is 6.61 Å². The molecule has 1 aliphatic rings. The van der Waals surface area contributed by atoms with Crippen LogP contribution in [0.1, 0.15) is 23.6 Å². The molecule has 2 aromatic carbocycles. The van der Waals surface area contributed by atoms with E-state index >= 15 is 0 Å². The summed E-state index contributed by atoms with van der Waals surface area (Å²) in [6, 6.07) is 10.2. The molecule has 0 spiro atoms. The first-order chi connectivity index (χ1) is 14.9. The molecule has 8 heteroatoms. The van der Waals surface area contributed by atoms with Crippen molar-refractivity contribution in [2.24, 2.45) is 0 Å². The number of aryl methyl sites for hydroxylation is 2. The van der Waals surface area contributed by atoms with Crippen LogP contribution in [0, 0.1) is 13.8 Å². The first-order valence-corrected chi connectivity index (χ1v) is 9.85. The number of imide groups is 2. The Morgan fingerprint density at radius 1 is 0.806 bits per heavy atom. The number of hydrogen-bond donors (Lipinski definition) is 2. The van der Waals surface area contributed by atoms with Gasteiger partial charge in [0.15, 0.2) is 11.5 Å². The van der Waals surface area contributed by atoms with Crippen LogP contribution < -0.4 is 24.8 Å². The molecule has 2 aromatic rings. The number of benzene rings is 2. The van der Waals surface area contributed by atoms with Gasteiger partial charge in [0.2, 0.25) is 0 Å². The number of carbonyl (C=O) groups is 3. The second-order valence-corrected chi connectivity index (χ2v) is 6.90. The summed E-state index contributed by atoms with van der Waals surface area (Å²) in [5, 5.41) is 4.08. The lowest BCUT2D eigenvalue weighted by atomic mass is 10.1. The summed E-state index contributed by atoms with van der Waals surface area (Å²) in [5.41, 5.74) is 2.56. The van der Waals surface area contributed by atoms with Gasteiger partial charge in [0.25, 0.3) is 11.8 Å². The van der Waals surface area contributed by atoms with Crippen LogP contribution in [-0.2, 0) is 9.59 Å². The second kappa shape index (κ2) is 9.80. The summed E-state index contributed by atoms with van der Waals surface area (Å²) in [6.07, 6.45) is 1.38. The van der Waals surface area contributed by atoms with Crippen molar-refractivity contribution in [2.45, 2.75) is 20.8 Å². The van der Waals surface area contributed by atoms with Gasteiger partial charge >= 0.3 is 6.03 Å². The number of hydrogen-bond acceptors (Lipinski definition) is 6. The fourth-order valence-corrected chi connectivity index (χ4v) is 2.94. The first-order valence-electron chi connectivity index (χ1n) is 9.85. The number of ether oxygens (including phenoxy) is 3. The average molecular weight is 424 g/mol. The van der Waals surface area contributed by atoms with E-state index in [2.05, 4.69) is 0 Å². The van der Waals surface area contributed by atoms with Crippen molar-refractivity contribution in [2.75, 3.05) is 19.8 Å². The number of barbiturate groups is 1. The van der Waals surface area contributed by atoms with E-state index in [9.17, 15) is 14.4 Å². The monoisotopic (exact) mass is 424 g/mol. The third kappa shape index (κ3) is 5.63. The molecule has 31 heavy (non-hydrogen) atoms. The zero-order valence-electron chi connectivity index (χ0n) is 17.6. The number of rotatable bonds is 8. The Hall–Kier alpha value is -3.81. The molecule has 0 bridgehead atoms. The van der Waals surface area contributed by atoms with Gasteiger partial charge in [-0.1, -0.05) is 18.2 Å². The Labute approximate surface area is 180 Å². The average Bonchev–Trinajstić information content (AvgIpc) is 2.72. The van der Waals surface area contributed by atoms with Crippen LogP contribution in [-0.4, -0.2) is 37.7 Å². The first kappa shape index (κ1) is 21.9. The molecule has 162 valence electrons. The van der Waals surface area contributed by atoms with Gasteiger partial charge < -0.3 is 14.2 Å². The molecule has 3 rings (SSSR count). The van der Waals surface area contributed by atoms with Crippen molar-refractivity contribution >= 4 is 23.9 Å². The molecule has 0 aromatic heterocycles. The zero-order chi connectivity index (χ0) is 22.4. The lowest BCUT2D eigenvalue weighted by Crippen LogP contribution is -2.51. The molecular weight excluding hydrogens is 400 g/mol. The van der Waals surface area contributed by atoms with Crippen LogP contribution >= 0.6 is 0 Å². The summed E-state index contributed by atoms with van der Waals surface area (Å²) < 4.78 is 17.3. The SMILES string of the molecule is CCOc1cc(C=C2C(=O)NC(=O)NC2=O)ccc1OCCOc1cc(C)ccc1C. The normalized spacial score (nSPS) is 13.4. The minimum absolute atomic E-state index is 0.169. The summed E-state index contributed by atoms with van der Waals surface area (Å²) in [5.74, 6) is 0.293. The van der Waals surface area contributed by atoms with Crippen LogP contribution in [0.5, 0.6) is 17.2 Å². The fraction of sp³-hybridized carbons (Fsp3) is 0.261. The molecule has 0 aliphatic carbocycles. The summed E-state index contributed by atoms with van der Waals surface area (Å²) >= 11 is 0. The number of nitrogens with one attached hydrogen (secondary N) is 2. The highest BCUT2D eigenvalue weighted by Crippen LogP contribution is 2.29. The molecule has 8 nitrogen and oxygen atoms in total. The highest BCUT2D eigenvalue weighted by molar-refractivity contribution is 6.31. The largest absolute Gasteiger partial charge is 0.490 e. The van der Waals surface area contributed by atoms with Crippen LogP contribution in [0.2, 0.25) is 0 Å². The lowest BCUT2D eigenvalue weighted by Gasteiger charge is -2.15. The number of carbonyl (C=O) groups excluding carboxylic acids is 3. The Balaban J connectivity index is 1.68. The summed E-state index contributed by atoms with van der Waals surface area (Å²) in [7, 11) is 0. The van der Waals surface area contributed by atoms with Crippen LogP contribution in [0.4, 0.5) is 4.79 Å². The van der Waals surface area contributed by atoms with Gasteiger partial charge in [-0.3, -0.25) is 20.2 Å². The predicted molar refractivity (Wildman–Crippen MR) is 114 cm³/mol. The highest BCUT2D eigenvalue weighted by atomic mass is 16.5. The maximum absolute atomic E-state index is 11.9. The maximum atomic E-state index is 11.9. The molecule has 0 atom stereocenters. The van der Waals surface area contributed by atoms with Gasteiger partial charge in [-0.2, -0.15) is 0 Å². The standard InChI is InChI=1S/C23H24N2O6/c1-4-29-20-13-16(12-17-21(26)24-23(28)25-22(17)27)7-8-18(20)30-9-10-31-19-11-14(2)5-6-15(19)3/h5-8,11-13H,4,9-10H2,1-3H3,(H2,24,25,26,27,28). The second-order valence-electron chi connectivity index (χ2n) is 6.90. The maximum Gasteiger partial charge on any atom is 0.328 e. The quantitative estimate of drug-likeness (QED) is 0.384. The van der Waals surface area contributed by atoms with E-state index in [4.69, 9.17) is 14.2 Å². The van der Waals surface area contributed by atoms with Gasteiger partial charge in [-0.15, -0.1) is 0 Å². The van der Waals surface area contributed by atoms with Crippen LogP contribution in [0.15, 0.2) is 42.0 Å². The molecule has 1 heterocycles. The van der Waals surface area contributed by atoms with Crippen LogP contribution in [0.25, 0.3) is 6.08 Å². The minimum atomic E-state index is -0.839. The topological polar surface area (TPSA) is 103 Å². The van der Waals surface area contributed by atoms with Gasteiger partial charge in [0.1, 0.15) is 24.5 Å². The molecule has 1 saturated heterocycles. The predicted octanol–water partition coefficient (Wildman–Crippen LogP) is 2.91. The van der Waals surface area contributed by atoms with Gasteiger partial charge in [-0.25, -0.2) is 4.79 Å². The summed E-state index contributed by atoms with van der Waals surface area (Å²) in [4.78, 5) is 35.0. The molecule has 2 N–H and O–H groups in total. The van der Waals surface area contributed by atoms with Crippen LogP contribution in [0.3, 0.4) is 0 Å². The van der Waals surface area contributed by atoms with E-state index in [1.807, 2.05) is 49.6 Å². The molecule has 0 unspecified atom stereocenters. The number of urea groups is 1. The Bertz CT molecular complexity index is 1020. The van der Waals surface area contributed by atoms with Crippen molar-refractivity contribution in [3.8, 4) is 17.2 Å². The Kier molecular flexibility index (Phi) is 6.92. The molecule has 1 fully saturated rings.